The van der Waals surface area contributed by atoms with Gasteiger partial charge in [0.15, 0.2) is 0 Å². The standard InChI is InChI=1S/C11H23I2N2/c1-3-4-5-11(15,7-12-8(2)14)10-9-6-13(9)10/h8-10H,3-7,14-15H2,1-2H3/q-1. The molecule has 2 aliphatic heterocycles. The number of hydrogen-bond acceptors (Lipinski definition) is 2. The van der Waals surface area contributed by atoms with E-state index >= 15 is 0 Å². The third-order valence-electron chi connectivity index (χ3n) is 3.25. The third kappa shape index (κ3) is 2.98. The maximum absolute atomic E-state index is 6.67. The summed E-state index contributed by atoms with van der Waals surface area (Å²) in [7, 11) is 0. The fraction of sp³-hybridized carbons (Fsp3) is 1.00. The van der Waals surface area contributed by atoms with Crippen molar-refractivity contribution >= 4 is 19.8 Å². The Morgan fingerprint density at radius 2 is 2.27 bits per heavy atom. The van der Waals surface area contributed by atoms with Gasteiger partial charge in [-0.15, -0.1) is 0 Å². The number of unbranched alkanes of at least 4 members (excludes halogenated alkanes) is 1. The van der Waals surface area contributed by atoms with E-state index in [1.165, 1.54) is 27.6 Å². The number of nitrogens with two attached hydrogens (primary N) is 2. The molecule has 92 valence electrons. The van der Waals surface area contributed by atoms with E-state index in [0.29, 0.717) is 4.05 Å². The van der Waals surface area contributed by atoms with E-state index in [9.17, 15) is 0 Å². The molecule has 0 saturated carbocycles. The van der Waals surface area contributed by atoms with Crippen LogP contribution in [0, 0.1) is 0 Å². The molecule has 2 saturated heterocycles. The van der Waals surface area contributed by atoms with Crippen molar-refractivity contribution in [1.82, 2.24) is 0 Å². The van der Waals surface area contributed by atoms with Gasteiger partial charge in [0, 0.05) is 0 Å². The summed E-state index contributed by atoms with van der Waals surface area (Å²) in [6.45, 7) is 4.42. The molecule has 0 spiro atoms. The summed E-state index contributed by atoms with van der Waals surface area (Å²) in [6, 6.07) is 0. The van der Waals surface area contributed by atoms with Crippen LogP contribution in [0.4, 0.5) is 0 Å². The molecule has 2 fully saturated rings. The Hall–Kier alpha value is 1.38. The van der Waals surface area contributed by atoms with Gasteiger partial charge in [0.05, 0.1) is 0 Å². The van der Waals surface area contributed by atoms with Gasteiger partial charge in [-0.05, 0) is 0 Å². The minimum absolute atomic E-state index is 0.143. The second-order valence-electron chi connectivity index (χ2n) is 4.81. The molecule has 0 radical (unpaired) electrons. The molecule has 2 nitrogen and oxygen atoms in total. The van der Waals surface area contributed by atoms with E-state index < -0.39 is 0 Å². The Bertz CT molecular complexity index is 227. The van der Waals surface area contributed by atoms with Gasteiger partial charge in [-0.25, -0.2) is 0 Å². The molecule has 4 atom stereocenters. The number of hydrogen-bond donors (Lipinski definition) is 2. The molecule has 2 heterocycles. The average Bonchev–Trinajstić information content (AvgIpc) is 3.00. The molecule has 0 aromatic carbocycles. The molecule has 15 heavy (non-hydrogen) atoms. The summed E-state index contributed by atoms with van der Waals surface area (Å²) in [5, 5.41) is 0. The van der Waals surface area contributed by atoms with Crippen LogP contribution in [0.3, 0.4) is 0 Å². The van der Waals surface area contributed by atoms with Gasteiger partial charge in [-0.3, -0.25) is 0 Å². The SMILES string of the molecule is CCCCC(N)(C[I-]C(C)N)C1C2CI21. The van der Waals surface area contributed by atoms with E-state index in [1.807, 2.05) is 0 Å². The van der Waals surface area contributed by atoms with Crippen molar-refractivity contribution in [3.05, 3.63) is 0 Å². The first-order chi connectivity index (χ1) is 7.08. The van der Waals surface area contributed by atoms with Crippen molar-refractivity contribution in [2.45, 2.75) is 50.5 Å². The molecule has 4 heteroatoms. The molecule has 0 aromatic rings. The molecule has 0 bridgehead atoms. The van der Waals surface area contributed by atoms with Crippen molar-refractivity contribution < 1.29 is 21.2 Å². The van der Waals surface area contributed by atoms with E-state index in [0.717, 1.165) is 3.92 Å². The second-order valence-corrected chi connectivity index (χ2v) is 14.7. The van der Waals surface area contributed by atoms with E-state index in [1.54, 1.807) is 4.43 Å². The molecule has 4 N–H and O–H groups in total. The van der Waals surface area contributed by atoms with E-state index in [4.69, 9.17) is 11.5 Å². The number of fused-ring (bicyclic) bond motifs is 1. The predicted molar refractivity (Wildman–Crippen MR) is 71.4 cm³/mol. The summed E-state index contributed by atoms with van der Waals surface area (Å²) >= 11 is -0.233. The first kappa shape index (κ1) is 12.8. The van der Waals surface area contributed by atoms with Gasteiger partial charge in [-0.2, -0.15) is 0 Å². The van der Waals surface area contributed by atoms with Crippen LogP contribution >= 0.6 is 19.8 Å². The first-order valence-corrected chi connectivity index (χ1v) is 12.6. The summed E-state index contributed by atoms with van der Waals surface area (Å²) < 4.78 is 5.60. The average molecular weight is 437 g/mol. The van der Waals surface area contributed by atoms with Crippen LogP contribution in [-0.2, 0) is 0 Å². The quantitative estimate of drug-likeness (QED) is 0.291. The van der Waals surface area contributed by atoms with Crippen LogP contribution in [0.2, 0.25) is 0 Å². The molecule has 2 rings (SSSR count). The van der Waals surface area contributed by atoms with Crippen molar-refractivity contribution in [3.8, 4) is 0 Å². The fourth-order valence-electron chi connectivity index (χ4n) is 2.16. The van der Waals surface area contributed by atoms with Crippen LogP contribution in [0.1, 0.15) is 33.1 Å². The molecular formula is C11H23I2N2-. The topological polar surface area (TPSA) is 52.0 Å². The second kappa shape index (κ2) is 4.94. The first-order valence-electron chi connectivity index (χ1n) is 5.83. The predicted octanol–water partition coefficient (Wildman–Crippen LogP) is -1.46. The Labute approximate surface area is 111 Å². The van der Waals surface area contributed by atoms with Gasteiger partial charge in [-0.1, -0.05) is 0 Å². The Kier molecular flexibility index (Phi) is 4.22. The van der Waals surface area contributed by atoms with Crippen LogP contribution in [0.25, 0.3) is 0 Å². The summed E-state index contributed by atoms with van der Waals surface area (Å²) in [4.78, 5) is 0. The van der Waals surface area contributed by atoms with Gasteiger partial charge in [0.1, 0.15) is 0 Å². The van der Waals surface area contributed by atoms with Crippen molar-refractivity contribution in [2.24, 2.45) is 11.5 Å². The fourth-order valence-corrected chi connectivity index (χ4v) is 13.5. The molecule has 0 aromatic heterocycles. The zero-order chi connectivity index (χ0) is 11.1. The van der Waals surface area contributed by atoms with Crippen LogP contribution < -0.4 is 32.7 Å². The molecule has 4 unspecified atom stereocenters. The van der Waals surface area contributed by atoms with Crippen LogP contribution in [0.15, 0.2) is 0 Å². The van der Waals surface area contributed by atoms with Gasteiger partial charge in [0.2, 0.25) is 0 Å². The third-order valence-corrected chi connectivity index (χ3v) is 13.6. The summed E-state index contributed by atoms with van der Waals surface area (Å²) in [5.41, 5.74) is 12.8. The molecule has 0 aliphatic carbocycles. The Morgan fingerprint density at radius 1 is 1.60 bits per heavy atom. The van der Waals surface area contributed by atoms with Gasteiger partial charge < -0.3 is 0 Å². The van der Waals surface area contributed by atoms with Gasteiger partial charge >= 0.3 is 112 Å². The van der Waals surface area contributed by atoms with Crippen molar-refractivity contribution in [3.63, 3.8) is 0 Å². The molecule has 2 aliphatic rings. The zero-order valence-corrected chi connectivity index (χ0v) is 14.0. The van der Waals surface area contributed by atoms with Crippen molar-refractivity contribution in [1.29, 1.82) is 0 Å². The maximum atomic E-state index is 6.67. The number of alkyl halides is 5. The monoisotopic (exact) mass is 437 g/mol. The minimum atomic E-state index is -0.376. The van der Waals surface area contributed by atoms with Crippen molar-refractivity contribution in [2.75, 3.05) is 8.86 Å². The Morgan fingerprint density at radius 3 is 2.67 bits per heavy atom. The summed E-state index contributed by atoms with van der Waals surface area (Å²) in [6.07, 6.45) is 3.90. The number of rotatable bonds is 7. The zero-order valence-electron chi connectivity index (χ0n) is 9.68. The van der Waals surface area contributed by atoms with Crippen LogP contribution in [-0.4, -0.2) is 26.3 Å². The van der Waals surface area contributed by atoms with E-state index in [-0.39, 0.29) is 46.6 Å². The van der Waals surface area contributed by atoms with Crippen LogP contribution in [0.5, 0.6) is 0 Å². The number of halogens is 2. The van der Waals surface area contributed by atoms with Gasteiger partial charge in [0.25, 0.3) is 0 Å². The van der Waals surface area contributed by atoms with E-state index in [2.05, 4.69) is 13.8 Å². The molecule has 0 amide bonds. The Balaban J connectivity index is 1.83. The normalized spacial score (nSPS) is 35.9. The molecular weight excluding hydrogens is 414 g/mol. The summed E-state index contributed by atoms with van der Waals surface area (Å²) in [5.74, 6) is 0.